The van der Waals surface area contributed by atoms with Gasteiger partial charge in [0.1, 0.15) is 17.0 Å². The number of nitrogens with one attached hydrogen (secondary N) is 2. The average Bonchev–Trinajstić information content (AvgIpc) is 3.53. The molecule has 5 aromatic heterocycles. The largest absolute Gasteiger partial charge is 0.336 e. The topological polar surface area (TPSA) is 99.3 Å². The molecule has 6 aromatic rings. The number of fused-ring (bicyclic) bond motifs is 2. The maximum Gasteiger partial charge on any atom is 0.159 e. The molecule has 0 unspecified atom stereocenters. The Morgan fingerprint density at radius 1 is 0.892 bits per heavy atom. The van der Waals surface area contributed by atoms with E-state index in [1.807, 2.05) is 24.5 Å². The Labute approximate surface area is 212 Å². The second kappa shape index (κ2) is 9.51. The van der Waals surface area contributed by atoms with Gasteiger partial charge in [0.25, 0.3) is 0 Å². The third-order valence-corrected chi connectivity index (χ3v) is 6.35. The van der Waals surface area contributed by atoms with Gasteiger partial charge in [0.15, 0.2) is 5.82 Å². The number of aryl methyl sites for hydroxylation is 1. The van der Waals surface area contributed by atoms with E-state index in [0.29, 0.717) is 22.7 Å². The van der Waals surface area contributed by atoms with Gasteiger partial charge < -0.3 is 9.88 Å². The number of imidazole rings is 1. The second-order valence-corrected chi connectivity index (χ2v) is 9.32. The summed E-state index contributed by atoms with van der Waals surface area (Å²) in [6.07, 6.45) is 9.28. The average molecular weight is 493 g/mol. The predicted octanol–water partition coefficient (Wildman–Crippen LogP) is 5.26. The molecule has 0 aliphatic carbocycles. The summed E-state index contributed by atoms with van der Waals surface area (Å²) in [6.45, 7) is 1.03. The van der Waals surface area contributed by atoms with Crippen molar-refractivity contribution in [2.45, 2.75) is 12.8 Å². The highest BCUT2D eigenvalue weighted by Gasteiger charge is 2.17. The van der Waals surface area contributed by atoms with Gasteiger partial charge in [0.05, 0.1) is 28.6 Å². The molecular weight excluding hydrogens is 467 g/mol. The van der Waals surface area contributed by atoms with Gasteiger partial charge in [0.2, 0.25) is 0 Å². The lowest BCUT2D eigenvalue weighted by Crippen LogP contribution is -2.13. The van der Waals surface area contributed by atoms with Crippen LogP contribution < -0.4 is 0 Å². The minimum absolute atomic E-state index is 0.291. The van der Waals surface area contributed by atoms with Crippen molar-refractivity contribution in [1.82, 2.24) is 40.0 Å². The summed E-state index contributed by atoms with van der Waals surface area (Å²) >= 11 is 0. The minimum Gasteiger partial charge on any atom is -0.336 e. The van der Waals surface area contributed by atoms with Crippen LogP contribution in [-0.2, 0) is 6.42 Å². The van der Waals surface area contributed by atoms with E-state index in [1.54, 1.807) is 24.5 Å². The van der Waals surface area contributed by atoms with E-state index in [-0.39, 0.29) is 5.82 Å². The number of H-pyrrole nitrogens is 2. The van der Waals surface area contributed by atoms with Crippen molar-refractivity contribution in [1.29, 1.82) is 0 Å². The summed E-state index contributed by atoms with van der Waals surface area (Å²) in [5, 5.41) is 8.50. The molecule has 184 valence electrons. The fraction of sp³-hybridized carbons (Fsp3) is 0.179. The molecule has 9 heteroatoms. The smallest absolute Gasteiger partial charge is 0.159 e. The molecular formula is C28H25FN8. The fourth-order valence-corrected chi connectivity index (χ4v) is 4.49. The highest BCUT2D eigenvalue weighted by molar-refractivity contribution is 5.96. The van der Waals surface area contributed by atoms with Crippen molar-refractivity contribution in [3.05, 3.63) is 78.6 Å². The number of halogens is 1. The van der Waals surface area contributed by atoms with E-state index in [1.165, 1.54) is 17.7 Å². The highest BCUT2D eigenvalue weighted by Crippen LogP contribution is 2.31. The van der Waals surface area contributed by atoms with Crippen molar-refractivity contribution in [2.75, 3.05) is 20.6 Å². The Kier molecular flexibility index (Phi) is 5.90. The van der Waals surface area contributed by atoms with Crippen LogP contribution >= 0.6 is 0 Å². The molecule has 0 aliphatic rings. The predicted molar refractivity (Wildman–Crippen MR) is 142 cm³/mol. The molecule has 6 rings (SSSR count). The molecule has 0 spiro atoms. The first-order chi connectivity index (χ1) is 18.0. The molecule has 2 N–H and O–H groups in total. The van der Waals surface area contributed by atoms with E-state index in [9.17, 15) is 4.39 Å². The van der Waals surface area contributed by atoms with Gasteiger partial charge in [-0.15, -0.1) is 0 Å². The summed E-state index contributed by atoms with van der Waals surface area (Å²) in [5.41, 5.74) is 7.47. The first-order valence-electron chi connectivity index (χ1n) is 12.1. The summed E-state index contributed by atoms with van der Waals surface area (Å²) in [5.74, 6) is 0.325. The molecule has 0 saturated heterocycles. The van der Waals surface area contributed by atoms with Crippen molar-refractivity contribution >= 4 is 21.9 Å². The molecule has 0 fully saturated rings. The first kappa shape index (κ1) is 22.9. The maximum absolute atomic E-state index is 13.5. The molecule has 5 heterocycles. The zero-order valence-corrected chi connectivity index (χ0v) is 20.5. The molecule has 0 radical (unpaired) electrons. The highest BCUT2D eigenvalue weighted by atomic mass is 19.1. The third kappa shape index (κ3) is 4.56. The molecule has 37 heavy (non-hydrogen) atoms. The lowest BCUT2D eigenvalue weighted by atomic mass is 10.1. The molecule has 0 saturated carbocycles. The van der Waals surface area contributed by atoms with Crippen molar-refractivity contribution in [2.24, 2.45) is 0 Å². The van der Waals surface area contributed by atoms with Gasteiger partial charge >= 0.3 is 0 Å². The zero-order valence-electron chi connectivity index (χ0n) is 20.5. The zero-order chi connectivity index (χ0) is 25.4. The van der Waals surface area contributed by atoms with Crippen LogP contribution in [0, 0.1) is 5.82 Å². The van der Waals surface area contributed by atoms with Gasteiger partial charge in [-0.25, -0.2) is 9.37 Å². The van der Waals surface area contributed by atoms with E-state index in [0.717, 1.165) is 52.6 Å². The number of pyridine rings is 3. The standard InChI is InChI=1S/C28H25FN8/c1-37(2)11-3-4-17-12-19(15-30-14-17)23-13-21-24(16-32-23)35-36-26(21)28-33-22-9-10-31-25(27(22)34-28)18-5-7-20(29)8-6-18/h5-10,12-16H,3-4,11H2,1-2H3,(H,33,34)(H,35,36). The summed E-state index contributed by atoms with van der Waals surface area (Å²) in [7, 11) is 4.16. The van der Waals surface area contributed by atoms with Crippen LogP contribution in [0.25, 0.3) is 56.0 Å². The van der Waals surface area contributed by atoms with Gasteiger partial charge in [-0.3, -0.25) is 20.1 Å². The molecule has 8 nitrogen and oxygen atoms in total. The number of aromatic nitrogens is 7. The van der Waals surface area contributed by atoms with Crippen LogP contribution in [0.15, 0.2) is 67.3 Å². The maximum atomic E-state index is 13.5. The number of aromatic amines is 2. The van der Waals surface area contributed by atoms with E-state index >= 15 is 0 Å². The third-order valence-electron chi connectivity index (χ3n) is 6.35. The van der Waals surface area contributed by atoms with Crippen LogP contribution in [0.2, 0.25) is 0 Å². The summed E-state index contributed by atoms with van der Waals surface area (Å²) < 4.78 is 13.5. The molecule has 0 atom stereocenters. The van der Waals surface area contributed by atoms with Gasteiger partial charge in [0, 0.05) is 35.1 Å². The monoisotopic (exact) mass is 492 g/mol. The van der Waals surface area contributed by atoms with Gasteiger partial charge in [-0.2, -0.15) is 5.10 Å². The van der Waals surface area contributed by atoms with E-state index in [2.05, 4.69) is 55.2 Å². The molecule has 0 bridgehead atoms. The number of rotatable bonds is 7. The van der Waals surface area contributed by atoms with Crippen LogP contribution in [0.4, 0.5) is 4.39 Å². The Morgan fingerprint density at radius 3 is 2.59 bits per heavy atom. The lowest BCUT2D eigenvalue weighted by Gasteiger charge is -2.09. The Bertz CT molecular complexity index is 1700. The number of hydrogen-bond acceptors (Lipinski definition) is 6. The SMILES string of the molecule is CN(C)CCCc1cncc(-c2cc3c(-c4nc5c(-c6ccc(F)cc6)nccc5[nH]4)n[nH]c3cn2)c1. The first-order valence-corrected chi connectivity index (χ1v) is 12.1. The number of hydrogen-bond donors (Lipinski definition) is 2. The number of nitrogens with zero attached hydrogens (tertiary/aromatic N) is 6. The lowest BCUT2D eigenvalue weighted by molar-refractivity contribution is 0.400. The summed E-state index contributed by atoms with van der Waals surface area (Å²) in [6, 6.07) is 12.3. The second-order valence-electron chi connectivity index (χ2n) is 9.32. The van der Waals surface area contributed by atoms with Crippen molar-refractivity contribution < 1.29 is 4.39 Å². The summed E-state index contributed by atoms with van der Waals surface area (Å²) in [4.78, 5) is 24.0. The van der Waals surface area contributed by atoms with Gasteiger partial charge in [-0.05, 0) is 81.5 Å². The Morgan fingerprint density at radius 2 is 1.76 bits per heavy atom. The quantitative estimate of drug-likeness (QED) is 0.315. The van der Waals surface area contributed by atoms with Crippen LogP contribution in [-0.4, -0.2) is 60.7 Å². The molecule has 0 amide bonds. The number of benzene rings is 1. The van der Waals surface area contributed by atoms with Crippen LogP contribution in [0.3, 0.4) is 0 Å². The van der Waals surface area contributed by atoms with E-state index < -0.39 is 0 Å². The normalized spacial score (nSPS) is 11.7. The van der Waals surface area contributed by atoms with Crippen LogP contribution in [0.5, 0.6) is 0 Å². The van der Waals surface area contributed by atoms with Gasteiger partial charge in [-0.1, -0.05) is 0 Å². The van der Waals surface area contributed by atoms with E-state index in [4.69, 9.17) is 4.98 Å². The molecule has 1 aromatic carbocycles. The van der Waals surface area contributed by atoms with Crippen molar-refractivity contribution in [3.63, 3.8) is 0 Å². The fourth-order valence-electron chi connectivity index (χ4n) is 4.49. The van der Waals surface area contributed by atoms with Crippen LogP contribution in [0.1, 0.15) is 12.0 Å². The molecule has 0 aliphatic heterocycles. The Hall–Kier alpha value is -4.50. The van der Waals surface area contributed by atoms with Crippen molar-refractivity contribution in [3.8, 4) is 34.0 Å². The Balaban J connectivity index is 1.37. The minimum atomic E-state index is -0.291.